The van der Waals surface area contributed by atoms with Crippen molar-refractivity contribution in [1.29, 1.82) is 0 Å². The third-order valence-electron chi connectivity index (χ3n) is 4.07. The van der Waals surface area contributed by atoms with Gasteiger partial charge in [-0.3, -0.25) is 19.9 Å². The van der Waals surface area contributed by atoms with Gasteiger partial charge in [-0.15, -0.1) is 0 Å². The van der Waals surface area contributed by atoms with Crippen molar-refractivity contribution in [2.45, 2.75) is 6.61 Å². The molecule has 0 radical (unpaired) electrons. The van der Waals surface area contributed by atoms with Crippen molar-refractivity contribution < 1.29 is 14.4 Å². The minimum Gasteiger partial charge on any atom is -0.493 e. The first-order valence-corrected chi connectivity index (χ1v) is 9.41. The molecule has 0 unspecified atom stereocenters. The Morgan fingerprint density at radius 3 is 2.47 bits per heavy atom. The summed E-state index contributed by atoms with van der Waals surface area (Å²) < 4.78 is 12.1. The van der Waals surface area contributed by atoms with Crippen molar-refractivity contribution in [3.8, 4) is 11.5 Å². The van der Waals surface area contributed by atoms with Gasteiger partial charge in [-0.05, 0) is 41.5 Å². The van der Waals surface area contributed by atoms with Crippen molar-refractivity contribution in [1.82, 2.24) is 9.97 Å². The number of halogens is 1. The first-order valence-electron chi connectivity index (χ1n) is 8.61. The van der Waals surface area contributed by atoms with Crippen LogP contribution in [0, 0.1) is 10.1 Å². The van der Waals surface area contributed by atoms with Gasteiger partial charge in [0.25, 0.3) is 0 Å². The minimum atomic E-state index is -1.07. The number of hydrogen-bond acceptors (Lipinski definition) is 6. The van der Waals surface area contributed by atoms with Crippen LogP contribution in [0.2, 0.25) is 0 Å². The highest BCUT2D eigenvalue weighted by Crippen LogP contribution is 2.30. The van der Waals surface area contributed by atoms with Crippen molar-refractivity contribution in [3.05, 3.63) is 94.7 Å². The minimum absolute atomic E-state index is 0.205. The molecule has 0 bridgehead atoms. The van der Waals surface area contributed by atoms with Gasteiger partial charge in [0.15, 0.2) is 11.5 Å². The van der Waals surface area contributed by atoms with E-state index in [2.05, 4.69) is 20.9 Å². The molecular formula is C20H16BrN3O6. The monoisotopic (exact) mass is 473 g/mol. The van der Waals surface area contributed by atoms with Crippen LogP contribution in [-0.4, -0.2) is 22.0 Å². The number of H-pyrrole nitrogens is 2. The molecule has 154 valence electrons. The highest BCUT2D eigenvalue weighted by atomic mass is 79.9. The maximum Gasteiger partial charge on any atom is 0.357 e. The Kier molecular flexibility index (Phi) is 6.48. The Hall–Kier alpha value is -3.66. The quantitative estimate of drug-likeness (QED) is 0.399. The summed E-state index contributed by atoms with van der Waals surface area (Å²) in [7, 11) is 1.49. The van der Waals surface area contributed by atoms with Gasteiger partial charge < -0.3 is 14.5 Å². The zero-order valence-corrected chi connectivity index (χ0v) is 17.3. The number of hydrogen-bond donors (Lipinski definition) is 2. The van der Waals surface area contributed by atoms with Gasteiger partial charge in [0.2, 0.25) is 0 Å². The van der Waals surface area contributed by atoms with Crippen LogP contribution < -0.4 is 20.7 Å². The van der Waals surface area contributed by atoms with Crippen LogP contribution in [0.4, 0.5) is 5.69 Å². The maximum absolute atomic E-state index is 11.7. The Labute approximate surface area is 178 Å². The molecule has 3 rings (SSSR count). The Bertz CT molecular complexity index is 1210. The summed E-state index contributed by atoms with van der Waals surface area (Å²) in [6, 6.07) is 12.8. The summed E-state index contributed by atoms with van der Waals surface area (Å²) in [6.07, 6.45) is 2.80. The molecule has 0 aliphatic rings. The molecule has 0 spiro atoms. The first kappa shape index (κ1) is 21.1. The topological polar surface area (TPSA) is 127 Å². The fourth-order valence-electron chi connectivity index (χ4n) is 2.63. The van der Waals surface area contributed by atoms with Crippen LogP contribution in [0.25, 0.3) is 12.2 Å². The van der Waals surface area contributed by atoms with Crippen molar-refractivity contribution in [3.63, 3.8) is 0 Å². The van der Waals surface area contributed by atoms with E-state index >= 15 is 0 Å². The van der Waals surface area contributed by atoms with E-state index in [9.17, 15) is 19.7 Å². The van der Waals surface area contributed by atoms with Gasteiger partial charge in [0, 0.05) is 4.47 Å². The van der Waals surface area contributed by atoms with Crippen LogP contribution >= 0.6 is 15.9 Å². The number of nitrogens with zero attached hydrogens (tertiary/aromatic N) is 1. The first-order chi connectivity index (χ1) is 14.4. The lowest BCUT2D eigenvalue weighted by molar-refractivity contribution is -0.386. The third kappa shape index (κ3) is 5.03. The molecule has 2 aromatic carbocycles. The molecular weight excluding hydrogens is 458 g/mol. The zero-order valence-electron chi connectivity index (χ0n) is 15.7. The van der Waals surface area contributed by atoms with Gasteiger partial charge in [-0.2, -0.15) is 0 Å². The van der Waals surface area contributed by atoms with Gasteiger partial charge >= 0.3 is 16.9 Å². The van der Waals surface area contributed by atoms with Crippen LogP contribution in [-0.2, 0) is 6.61 Å². The summed E-state index contributed by atoms with van der Waals surface area (Å²) in [5.74, 6) is 0.983. The van der Waals surface area contributed by atoms with E-state index in [1.165, 1.54) is 19.3 Å². The number of ether oxygens (including phenoxy) is 2. The standard InChI is InChI=1S/C20H16BrN3O6/c1-29-17-10-12(4-8-15-18(24(27)28)19(25)23-20(26)22-15)5-9-16(17)30-11-13-2-6-14(21)7-3-13/h2-10H,11H2,1H3,(H2,22,23,25,26)/b8-4+. The molecule has 0 amide bonds. The molecule has 0 atom stereocenters. The molecule has 1 aromatic heterocycles. The lowest BCUT2D eigenvalue weighted by Gasteiger charge is -2.11. The highest BCUT2D eigenvalue weighted by Gasteiger charge is 2.18. The fraction of sp³-hybridized carbons (Fsp3) is 0.100. The zero-order chi connectivity index (χ0) is 21.7. The number of aromatic nitrogens is 2. The lowest BCUT2D eigenvalue weighted by Crippen LogP contribution is -2.25. The van der Waals surface area contributed by atoms with E-state index in [1.807, 2.05) is 29.2 Å². The highest BCUT2D eigenvalue weighted by molar-refractivity contribution is 9.10. The van der Waals surface area contributed by atoms with Crippen molar-refractivity contribution >= 4 is 33.8 Å². The predicted octanol–water partition coefficient (Wildman–Crippen LogP) is 3.49. The number of nitrogens with one attached hydrogen (secondary N) is 2. The van der Waals surface area contributed by atoms with E-state index < -0.39 is 21.9 Å². The number of aromatic amines is 2. The Balaban J connectivity index is 1.83. The van der Waals surface area contributed by atoms with E-state index in [4.69, 9.17) is 9.47 Å². The Morgan fingerprint density at radius 1 is 1.07 bits per heavy atom. The Morgan fingerprint density at radius 2 is 1.80 bits per heavy atom. The van der Waals surface area contributed by atoms with E-state index in [-0.39, 0.29) is 5.69 Å². The average Bonchev–Trinajstić information content (AvgIpc) is 2.71. The SMILES string of the molecule is COc1cc(/C=C/c2[nH]c(=O)[nH]c(=O)c2[N+](=O)[O-])ccc1OCc1ccc(Br)cc1. The van der Waals surface area contributed by atoms with E-state index in [0.717, 1.165) is 10.0 Å². The summed E-state index contributed by atoms with van der Waals surface area (Å²) in [4.78, 5) is 37.5. The second kappa shape index (κ2) is 9.23. The summed E-state index contributed by atoms with van der Waals surface area (Å²) >= 11 is 3.38. The second-order valence-electron chi connectivity index (χ2n) is 6.09. The average molecular weight is 474 g/mol. The largest absolute Gasteiger partial charge is 0.493 e. The summed E-state index contributed by atoms with van der Waals surface area (Å²) in [6.45, 7) is 0.346. The van der Waals surface area contributed by atoms with E-state index in [0.29, 0.717) is 23.7 Å². The number of methoxy groups -OCH3 is 1. The fourth-order valence-corrected chi connectivity index (χ4v) is 2.89. The number of rotatable bonds is 7. The van der Waals surface area contributed by atoms with Crippen LogP contribution in [0.15, 0.2) is 56.5 Å². The predicted molar refractivity (Wildman–Crippen MR) is 115 cm³/mol. The smallest absolute Gasteiger partial charge is 0.357 e. The molecule has 10 heteroatoms. The van der Waals surface area contributed by atoms with Gasteiger partial charge in [-0.25, -0.2) is 4.79 Å². The second-order valence-corrected chi connectivity index (χ2v) is 7.00. The molecule has 0 fully saturated rings. The van der Waals surface area contributed by atoms with Crippen molar-refractivity contribution in [2.24, 2.45) is 0 Å². The third-order valence-corrected chi connectivity index (χ3v) is 4.59. The summed E-state index contributed by atoms with van der Waals surface area (Å²) in [5, 5.41) is 11.1. The molecule has 30 heavy (non-hydrogen) atoms. The molecule has 1 heterocycles. The molecule has 0 aliphatic carbocycles. The van der Waals surface area contributed by atoms with Crippen molar-refractivity contribution in [2.75, 3.05) is 7.11 Å². The van der Waals surface area contributed by atoms with Crippen LogP contribution in [0.1, 0.15) is 16.8 Å². The lowest BCUT2D eigenvalue weighted by atomic mass is 10.1. The summed E-state index contributed by atoms with van der Waals surface area (Å²) in [5.41, 5.74) is -1.25. The molecule has 2 N–H and O–H groups in total. The normalized spacial score (nSPS) is 10.9. The number of benzene rings is 2. The van der Waals surface area contributed by atoms with Gasteiger partial charge in [0.1, 0.15) is 12.3 Å². The molecule has 0 saturated heterocycles. The molecule has 0 aliphatic heterocycles. The van der Waals surface area contributed by atoms with Gasteiger partial charge in [-0.1, -0.05) is 40.2 Å². The van der Waals surface area contributed by atoms with Crippen LogP contribution in [0.5, 0.6) is 11.5 Å². The molecule has 0 saturated carbocycles. The van der Waals surface area contributed by atoms with E-state index in [1.54, 1.807) is 18.2 Å². The van der Waals surface area contributed by atoms with Crippen LogP contribution in [0.3, 0.4) is 0 Å². The molecule has 3 aromatic rings. The molecule has 9 nitrogen and oxygen atoms in total. The number of nitro groups is 1. The maximum atomic E-state index is 11.7. The van der Waals surface area contributed by atoms with Gasteiger partial charge in [0.05, 0.1) is 12.0 Å².